The van der Waals surface area contributed by atoms with Gasteiger partial charge in [0.25, 0.3) is 11.5 Å². The van der Waals surface area contributed by atoms with E-state index in [1.165, 1.54) is 0 Å². The number of aryl methyl sites for hydroxylation is 2. The van der Waals surface area contributed by atoms with Gasteiger partial charge in [0.2, 0.25) is 0 Å². The normalized spacial score (nSPS) is 10.9. The molecule has 0 bridgehead atoms. The smallest absolute Gasteiger partial charge is 0.278 e. The first-order valence-electron chi connectivity index (χ1n) is 11.2. The van der Waals surface area contributed by atoms with Gasteiger partial charge >= 0.3 is 0 Å². The summed E-state index contributed by atoms with van der Waals surface area (Å²) < 4.78 is 1.54. The number of benzene rings is 2. The van der Waals surface area contributed by atoms with E-state index in [4.69, 9.17) is 0 Å². The Kier molecular flexibility index (Phi) is 5.89. The molecule has 0 unspecified atom stereocenters. The second kappa shape index (κ2) is 9.30. The third kappa shape index (κ3) is 4.70. The zero-order chi connectivity index (χ0) is 24.4. The van der Waals surface area contributed by atoms with Gasteiger partial charge in [0.05, 0.1) is 5.69 Å². The highest BCUT2D eigenvalue weighted by atomic mass is 16.1. The molecule has 0 saturated heterocycles. The summed E-state index contributed by atoms with van der Waals surface area (Å²) in [6, 6.07) is 20.3. The van der Waals surface area contributed by atoms with Gasteiger partial charge in [-0.2, -0.15) is 0 Å². The molecular weight excluding hydrogens is 438 g/mol. The summed E-state index contributed by atoms with van der Waals surface area (Å²) in [6.45, 7) is 3.92. The zero-order valence-electron chi connectivity index (χ0n) is 19.4. The van der Waals surface area contributed by atoms with E-state index in [9.17, 15) is 9.59 Å². The van der Waals surface area contributed by atoms with Gasteiger partial charge in [0, 0.05) is 36.3 Å². The molecule has 0 radical (unpaired) electrons. The number of fused-ring (bicyclic) bond motifs is 1. The molecular formula is C28H23N5O2. The maximum absolute atomic E-state index is 13.6. The number of carbonyl (C=O) groups is 1. The molecule has 5 aromatic rings. The molecule has 172 valence electrons. The van der Waals surface area contributed by atoms with Crippen LogP contribution in [0.5, 0.6) is 0 Å². The molecule has 7 nitrogen and oxygen atoms in total. The van der Waals surface area contributed by atoms with Crippen molar-refractivity contribution < 1.29 is 4.79 Å². The largest absolute Gasteiger partial charge is 0.322 e. The fraction of sp³-hybridized carbons (Fsp3) is 0.107. The number of carbonyl (C=O) groups excluding carboxylic acids is 1. The molecule has 2 aromatic carbocycles. The Labute approximate surface area is 202 Å². The van der Waals surface area contributed by atoms with Crippen molar-refractivity contribution in [1.82, 2.24) is 19.5 Å². The Balaban J connectivity index is 1.56. The molecule has 0 atom stereocenters. The SMILES string of the molecule is Cc1cc(C)cc(C(=O)Nc2cccc(-n3c(=O)c(Cc4cccnc4)nc4cccnc43)c2)c1. The number of hydrogen-bond acceptors (Lipinski definition) is 5. The van der Waals surface area contributed by atoms with Crippen molar-refractivity contribution in [2.45, 2.75) is 20.3 Å². The highest BCUT2D eigenvalue weighted by Crippen LogP contribution is 2.19. The Bertz CT molecular complexity index is 1590. The molecule has 0 aliphatic carbocycles. The van der Waals surface area contributed by atoms with Crippen LogP contribution in [0.2, 0.25) is 0 Å². The first kappa shape index (κ1) is 22.2. The van der Waals surface area contributed by atoms with Crippen LogP contribution >= 0.6 is 0 Å². The van der Waals surface area contributed by atoms with Crippen molar-refractivity contribution in [1.29, 1.82) is 0 Å². The average molecular weight is 462 g/mol. The maximum atomic E-state index is 13.6. The summed E-state index contributed by atoms with van der Waals surface area (Å²) in [5, 5.41) is 2.95. The predicted octanol–water partition coefficient (Wildman–Crippen LogP) is 4.64. The summed E-state index contributed by atoms with van der Waals surface area (Å²) >= 11 is 0. The van der Waals surface area contributed by atoms with Crippen LogP contribution in [-0.4, -0.2) is 25.4 Å². The molecule has 1 N–H and O–H groups in total. The first-order valence-corrected chi connectivity index (χ1v) is 11.2. The van der Waals surface area contributed by atoms with Crippen molar-refractivity contribution in [3.63, 3.8) is 0 Å². The average Bonchev–Trinajstić information content (AvgIpc) is 2.85. The molecule has 0 saturated carbocycles. The molecule has 0 spiro atoms. The number of aromatic nitrogens is 4. The Hall–Kier alpha value is -4.65. The Morgan fingerprint density at radius 3 is 2.51 bits per heavy atom. The minimum absolute atomic E-state index is 0.212. The number of nitrogens with one attached hydrogen (secondary N) is 1. The minimum Gasteiger partial charge on any atom is -0.322 e. The molecule has 1 amide bonds. The molecule has 5 rings (SSSR count). The van der Waals surface area contributed by atoms with Crippen LogP contribution < -0.4 is 10.9 Å². The molecule has 35 heavy (non-hydrogen) atoms. The molecule has 0 aliphatic heterocycles. The zero-order valence-corrected chi connectivity index (χ0v) is 19.4. The third-order valence-electron chi connectivity index (χ3n) is 5.62. The van der Waals surface area contributed by atoms with Crippen molar-refractivity contribution >= 4 is 22.8 Å². The highest BCUT2D eigenvalue weighted by Gasteiger charge is 2.15. The summed E-state index contributed by atoms with van der Waals surface area (Å²) in [5.74, 6) is -0.212. The molecule has 0 aliphatic rings. The van der Waals surface area contributed by atoms with E-state index in [1.54, 1.807) is 47.4 Å². The lowest BCUT2D eigenvalue weighted by Crippen LogP contribution is -2.25. The van der Waals surface area contributed by atoms with E-state index < -0.39 is 0 Å². The van der Waals surface area contributed by atoms with Crippen molar-refractivity contribution in [2.24, 2.45) is 0 Å². The fourth-order valence-electron chi connectivity index (χ4n) is 4.15. The number of rotatable bonds is 5. The predicted molar refractivity (Wildman–Crippen MR) is 136 cm³/mol. The molecule has 3 aromatic heterocycles. The maximum Gasteiger partial charge on any atom is 0.278 e. The monoisotopic (exact) mass is 461 g/mol. The van der Waals surface area contributed by atoms with E-state index in [1.807, 2.05) is 56.3 Å². The van der Waals surface area contributed by atoms with Gasteiger partial charge in [-0.3, -0.25) is 19.1 Å². The lowest BCUT2D eigenvalue weighted by atomic mass is 10.1. The summed E-state index contributed by atoms with van der Waals surface area (Å²) in [4.78, 5) is 39.6. The van der Waals surface area contributed by atoms with Crippen LogP contribution in [0.3, 0.4) is 0 Å². The topological polar surface area (TPSA) is 89.8 Å². The summed E-state index contributed by atoms with van der Waals surface area (Å²) in [6.07, 6.45) is 5.40. The summed E-state index contributed by atoms with van der Waals surface area (Å²) in [7, 11) is 0. The number of amides is 1. The molecule has 7 heteroatoms. The van der Waals surface area contributed by atoms with Gasteiger partial charge in [-0.05, 0) is 67.9 Å². The second-order valence-corrected chi connectivity index (χ2v) is 8.46. The van der Waals surface area contributed by atoms with Crippen molar-refractivity contribution in [3.8, 4) is 5.69 Å². The molecule has 0 fully saturated rings. The van der Waals surface area contributed by atoms with Crippen molar-refractivity contribution in [2.75, 3.05) is 5.32 Å². The standard InChI is InChI=1S/C28H23N5O2/c1-18-12-19(2)14-21(13-18)27(34)31-22-7-3-8-23(16-22)33-26-24(9-5-11-30-26)32-25(28(33)35)15-20-6-4-10-29-17-20/h3-14,16-17H,15H2,1-2H3,(H,31,34). The number of anilines is 1. The van der Waals surface area contributed by atoms with Crippen molar-refractivity contribution in [3.05, 3.63) is 124 Å². The molecule has 3 heterocycles. The quantitative estimate of drug-likeness (QED) is 0.412. The summed E-state index contributed by atoms with van der Waals surface area (Å²) in [5.41, 5.74) is 5.86. The van der Waals surface area contributed by atoms with E-state index in [-0.39, 0.29) is 11.5 Å². The van der Waals surface area contributed by atoms with Gasteiger partial charge in [0.15, 0.2) is 5.65 Å². The van der Waals surface area contributed by atoms with Gasteiger partial charge in [-0.25, -0.2) is 9.97 Å². The van der Waals surface area contributed by atoms with Crippen LogP contribution in [0.4, 0.5) is 5.69 Å². The highest BCUT2D eigenvalue weighted by molar-refractivity contribution is 6.04. The first-order chi connectivity index (χ1) is 17.0. The number of pyridine rings is 2. The van der Waals surface area contributed by atoms with Crippen LogP contribution in [0.1, 0.15) is 32.7 Å². The number of hydrogen-bond donors (Lipinski definition) is 1. The van der Waals surface area contributed by atoms with Crippen LogP contribution in [0, 0.1) is 13.8 Å². The second-order valence-electron chi connectivity index (χ2n) is 8.46. The third-order valence-corrected chi connectivity index (χ3v) is 5.62. The van der Waals surface area contributed by atoms with Crippen LogP contribution in [-0.2, 0) is 6.42 Å². The van der Waals surface area contributed by atoms with Gasteiger partial charge in [-0.1, -0.05) is 29.3 Å². The number of nitrogens with zero attached hydrogens (tertiary/aromatic N) is 4. The van der Waals surface area contributed by atoms with Gasteiger partial charge in [-0.15, -0.1) is 0 Å². The van der Waals surface area contributed by atoms with Gasteiger partial charge in [0.1, 0.15) is 11.2 Å². The van der Waals surface area contributed by atoms with Gasteiger partial charge < -0.3 is 5.32 Å². The van der Waals surface area contributed by atoms with Crippen LogP contribution in [0.15, 0.2) is 90.1 Å². The Morgan fingerprint density at radius 1 is 0.943 bits per heavy atom. The lowest BCUT2D eigenvalue weighted by Gasteiger charge is -2.13. The van der Waals surface area contributed by atoms with E-state index in [0.29, 0.717) is 40.2 Å². The lowest BCUT2D eigenvalue weighted by molar-refractivity contribution is 0.102. The van der Waals surface area contributed by atoms with Crippen LogP contribution in [0.25, 0.3) is 16.9 Å². The Morgan fingerprint density at radius 2 is 1.74 bits per heavy atom. The minimum atomic E-state index is -0.266. The fourth-order valence-corrected chi connectivity index (χ4v) is 4.15. The van der Waals surface area contributed by atoms with E-state index in [0.717, 1.165) is 16.7 Å². The van der Waals surface area contributed by atoms with E-state index >= 15 is 0 Å². The van der Waals surface area contributed by atoms with E-state index in [2.05, 4.69) is 20.3 Å².